The fourth-order valence-corrected chi connectivity index (χ4v) is 3.14. The van der Waals surface area contributed by atoms with Crippen LogP contribution in [0.4, 0.5) is 0 Å². The maximum atomic E-state index is 11.9. The molecule has 0 aliphatic heterocycles. The van der Waals surface area contributed by atoms with Crippen molar-refractivity contribution in [1.82, 2.24) is 10.0 Å². The Balaban J connectivity index is 1.85. The molecule has 1 aliphatic rings. The summed E-state index contributed by atoms with van der Waals surface area (Å²) in [6.45, 7) is 5.61. The third-order valence-electron chi connectivity index (χ3n) is 3.38. The van der Waals surface area contributed by atoms with Crippen LogP contribution in [0.15, 0.2) is 24.3 Å². The molecule has 0 bridgehead atoms. The van der Waals surface area contributed by atoms with Gasteiger partial charge in [0.1, 0.15) is 0 Å². The third-order valence-corrected chi connectivity index (χ3v) is 4.70. The summed E-state index contributed by atoms with van der Waals surface area (Å²) in [6.07, 6.45) is 2.31. The number of nitrogens with one attached hydrogen (secondary N) is 2. The van der Waals surface area contributed by atoms with E-state index in [1.807, 2.05) is 24.3 Å². The molecule has 2 rings (SSSR count). The van der Waals surface area contributed by atoms with Gasteiger partial charge in [-0.3, -0.25) is 0 Å². The lowest BCUT2D eigenvalue weighted by molar-refractivity contribution is 0.576. The predicted octanol–water partition coefficient (Wildman–Crippen LogP) is 2.01. The molecule has 0 heterocycles. The molecule has 5 heteroatoms. The minimum Gasteiger partial charge on any atom is -0.310 e. The molecule has 0 saturated heterocycles. The van der Waals surface area contributed by atoms with E-state index in [4.69, 9.17) is 0 Å². The largest absolute Gasteiger partial charge is 0.310 e. The van der Waals surface area contributed by atoms with E-state index >= 15 is 0 Å². The molecule has 0 amide bonds. The second-order valence-electron chi connectivity index (χ2n) is 5.90. The number of benzene rings is 1. The van der Waals surface area contributed by atoms with E-state index in [2.05, 4.69) is 23.9 Å². The van der Waals surface area contributed by atoms with Gasteiger partial charge in [-0.1, -0.05) is 38.1 Å². The average molecular weight is 296 g/mol. The van der Waals surface area contributed by atoms with Crippen molar-refractivity contribution in [3.8, 4) is 0 Å². The second kappa shape index (κ2) is 6.70. The Hall–Kier alpha value is -0.910. The molecule has 1 aliphatic carbocycles. The molecule has 20 heavy (non-hydrogen) atoms. The maximum absolute atomic E-state index is 11.9. The van der Waals surface area contributed by atoms with Crippen molar-refractivity contribution in [2.45, 2.75) is 45.0 Å². The highest BCUT2D eigenvalue weighted by Gasteiger charge is 2.23. The first-order chi connectivity index (χ1) is 9.44. The fourth-order valence-electron chi connectivity index (χ4n) is 1.91. The number of rotatable bonds is 8. The van der Waals surface area contributed by atoms with E-state index in [0.29, 0.717) is 18.5 Å². The SMILES string of the molecule is CC(C)NCc1ccc(CS(=O)(=O)NCC2CC2)cc1. The summed E-state index contributed by atoms with van der Waals surface area (Å²) in [5.74, 6) is 0.631. The lowest BCUT2D eigenvalue weighted by Gasteiger charge is -2.09. The molecule has 112 valence electrons. The monoisotopic (exact) mass is 296 g/mol. The summed E-state index contributed by atoms with van der Waals surface area (Å²) < 4.78 is 26.5. The quantitative estimate of drug-likeness (QED) is 0.771. The van der Waals surface area contributed by atoms with Gasteiger partial charge in [0.05, 0.1) is 5.75 Å². The molecule has 0 atom stereocenters. The van der Waals surface area contributed by atoms with Crippen LogP contribution in [-0.2, 0) is 22.3 Å². The van der Waals surface area contributed by atoms with E-state index in [1.54, 1.807) is 0 Å². The van der Waals surface area contributed by atoms with Crippen molar-refractivity contribution in [2.75, 3.05) is 6.54 Å². The molecule has 1 fully saturated rings. The Morgan fingerprint density at radius 2 is 1.75 bits per heavy atom. The summed E-state index contributed by atoms with van der Waals surface area (Å²) in [5, 5.41) is 3.34. The van der Waals surface area contributed by atoms with Gasteiger partial charge >= 0.3 is 0 Å². The Morgan fingerprint density at radius 1 is 1.15 bits per heavy atom. The van der Waals surface area contributed by atoms with Crippen LogP contribution in [-0.4, -0.2) is 21.0 Å². The first kappa shape index (κ1) is 15.5. The van der Waals surface area contributed by atoms with Gasteiger partial charge in [0.2, 0.25) is 10.0 Å². The summed E-state index contributed by atoms with van der Waals surface area (Å²) in [5.41, 5.74) is 2.01. The molecule has 0 spiro atoms. The van der Waals surface area contributed by atoms with E-state index in [9.17, 15) is 8.42 Å². The van der Waals surface area contributed by atoms with Crippen molar-refractivity contribution in [3.05, 3.63) is 35.4 Å². The molecule has 2 N–H and O–H groups in total. The highest BCUT2D eigenvalue weighted by molar-refractivity contribution is 7.88. The molecule has 0 aromatic heterocycles. The highest BCUT2D eigenvalue weighted by atomic mass is 32.2. The third kappa shape index (κ3) is 5.61. The van der Waals surface area contributed by atoms with Crippen LogP contribution in [0.5, 0.6) is 0 Å². The number of sulfonamides is 1. The van der Waals surface area contributed by atoms with Gasteiger partial charge in [-0.05, 0) is 29.9 Å². The summed E-state index contributed by atoms with van der Waals surface area (Å²) >= 11 is 0. The Labute approximate surface area is 122 Å². The van der Waals surface area contributed by atoms with Crippen molar-refractivity contribution >= 4 is 10.0 Å². The van der Waals surface area contributed by atoms with Crippen LogP contribution in [0.25, 0.3) is 0 Å². The Morgan fingerprint density at radius 3 is 2.30 bits per heavy atom. The second-order valence-corrected chi connectivity index (χ2v) is 7.71. The molecule has 4 nitrogen and oxygen atoms in total. The predicted molar refractivity (Wildman–Crippen MR) is 81.8 cm³/mol. The minimum atomic E-state index is -3.19. The van der Waals surface area contributed by atoms with Gasteiger partial charge in [0, 0.05) is 19.1 Å². The van der Waals surface area contributed by atoms with E-state index in [-0.39, 0.29) is 5.75 Å². The highest BCUT2D eigenvalue weighted by Crippen LogP contribution is 2.27. The zero-order chi connectivity index (χ0) is 14.6. The first-order valence-electron chi connectivity index (χ1n) is 7.23. The molecule has 0 radical (unpaired) electrons. The normalized spacial score (nSPS) is 15.8. The van der Waals surface area contributed by atoms with E-state index < -0.39 is 10.0 Å². The minimum absolute atomic E-state index is 0.0671. The molecule has 1 aromatic rings. The van der Waals surface area contributed by atoms with E-state index in [1.165, 1.54) is 5.56 Å². The zero-order valence-corrected chi connectivity index (χ0v) is 13.0. The summed E-state index contributed by atoms with van der Waals surface area (Å²) in [4.78, 5) is 0. The van der Waals surface area contributed by atoms with Gasteiger partial charge in [0.15, 0.2) is 0 Å². The van der Waals surface area contributed by atoms with Gasteiger partial charge in [-0.2, -0.15) is 0 Å². The van der Waals surface area contributed by atoms with Crippen molar-refractivity contribution in [2.24, 2.45) is 5.92 Å². The van der Waals surface area contributed by atoms with Crippen molar-refractivity contribution < 1.29 is 8.42 Å². The van der Waals surface area contributed by atoms with Gasteiger partial charge in [-0.25, -0.2) is 13.1 Å². The molecule has 0 unspecified atom stereocenters. The van der Waals surface area contributed by atoms with Crippen LogP contribution in [0.1, 0.15) is 37.8 Å². The van der Waals surface area contributed by atoms with Gasteiger partial charge in [0.25, 0.3) is 0 Å². The topological polar surface area (TPSA) is 58.2 Å². The molecule has 1 saturated carbocycles. The van der Waals surface area contributed by atoms with Crippen LogP contribution in [0, 0.1) is 5.92 Å². The van der Waals surface area contributed by atoms with Crippen molar-refractivity contribution in [3.63, 3.8) is 0 Å². The maximum Gasteiger partial charge on any atom is 0.215 e. The van der Waals surface area contributed by atoms with Gasteiger partial charge < -0.3 is 5.32 Å². The number of hydrogen-bond donors (Lipinski definition) is 2. The van der Waals surface area contributed by atoms with Gasteiger partial charge in [-0.15, -0.1) is 0 Å². The lowest BCUT2D eigenvalue weighted by Crippen LogP contribution is -2.27. The van der Waals surface area contributed by atoms with Crippen LogP contribution >= 0.6 is 0 Å². The zero-order valence-electron chi connectivity index (χ0n) is 12.2. The van der Waals surface area contributed by atoms with E-state index in [0.717, 1.165) is 24.9 Å². The Kier molecular flexibility index (Phi) is 5.18. The van der Waals surface area contributed by atoms with Crippen LogP contribution < -0.4 is 10.0 Å². The summed E-state index contributed by atoms with van der Waals surface area (Å²) in [6, 6.07) is 8.21. The number of hydrogen-bond acceptors (Lipinski definition) is 3. The first-order valence-corrected chi connectivity index (χ1v) is 8.88. The van der Waals surface area contributed by atoms with Crippen LogP contribution in [0.3, 0.4) is 0 Å². The van der Waals surface area contributed by atoms with Crippen LogP contribution in [0.2, 0.25) is 0 Å². The molecular formula is C15H24N2O2S. The molecular weight excluding hydrogens is 272 g/mol. The fraction of sp³-hybridized carbons (Fsp3) is 0.600. The lowest BCUT2D eigenvalue weighted by atomic mass is 10.1. The average Bonchev–Trinajstić information content (AvgIpc) is 3.19. The Bertz CT molecular complexity index is 519. The molecule has 1 aromatic carbocycles. The summed E-state index contributed by atoms with van der Waals surface area (Å²) in [7, 11) is -3.19. The smallest absolute Gasteiger partial charge is 0.215 e. The standard InChI is InChI=1S/C15H24N2O2S/c1-12(2)16-9-13-5-7-15(8-6-13)11-20(18,19)17-10-14-3-4-14/h5-8,12,14,16-17H,3-4,9-11H2,1-2H3. The van der Waals surface area contributed by atoms with Crippen molar-refractivity contribution in [1.29, 1.82) is 0 Å².